The number of likely N-dealkylation sites (N-methyl/N-ethyl adjacent to an activating group) is 1. The fraction of sp³-hybridized carbons (Fsp3) is 0.500. The van der Waals surface area contributed by atoms with Crippen molar-refractivity contribution in [2.45, 2.75) is 37.1 Å². The molecule has 0 aromatic carbocycles. The number of carbonyl (C=O) groups excluding carboxylic acids is 1. The summed E-state index contributed by atoms with van der Waals surface area (Å²) in [6.45, 7) is 2.04. The monoisotopic (exact) mass is 338 g/mol. The van der Waals surface area contributed by atoms with E-state index in [0.717, 1.165) is 12.8 Å². The summed E-state index contributed by atoms with van der Waals surface area (Å²) < 4.78 is 32.2. The summed E-state index contributed by atoms with van der Waals surface area (Å²) in [7, 11) is -2.30. The number of piperidine rings is 1. The zero-order valence-electron chi connectivity index (χ0n) is 12.9. The van der Waals surface area contributed by atoms with Gasteiger partial charge in [-0.1, -0.05) is 11.6 Å². The Bertz CT molecular complexity index is 846. The molecule has 1 fully saturated rings. The largest absolute Gasteiger partial charge is 0.358 e. The summed E-state index contributed by atoms with van der Waals surface area (Å²) in [5.74, 6) is -0.288. The van der Waals surface area contributed by atoms with Crippen LogP contribution in [0.15, 0.2) is 21.7 Å². The molecule has 0 radical (unpaired) electrons. The van der Waals surface area contributed by atoms with Gasteiger partial charge in [0.1, 0.15) is 10.9 Å². The molecule has 23 heavy (non-hydrogen) atoms. The first kappa shape index (κ1) is 15.9. The van der Waals surface area contributed by atoms with E-state index in [1.165, 1.54) is 23.6 Å². The molecule has 124 valence electrons. The van der Waals surface area contributed by atoms with E-state index in [2.05, 4.69) is 15.5 Å². The third kappa shape index (κ3) is 2.70. The van der Waals surface area contributed by atoms with Crippen LogP contribution in [0.3, 0.4) is 0 Å². The number of rotatable bonds is 3. The number of aromatic nitrogens is 2. The van der Waals surface area contributed by atoms with Crippen molar-refractivity contribution in [2.75, 3.05) is 13.6 Å². The Morgan fingerprint density at radius 3 is 2.96 bits per heavy atom. The lowest BCUT2D eigenvalue weighted by molar-refractivity contribution is -0.125. The molecule has 2 aromatic heterocycles. The van der Waals surface area contributed by atoms with Gasteiger partial charge in [0.05, 0.1) is 17.3 Å². The van der Waals surface area contributed by atoms with E-state index in [4.69, 9.17) is 4.52 Å². The van der Waals surface area contributed by atoms with Crippen molar-refractivity contribution in [1.82, 2.24) is 19.8 Å². The number of amides is 1. The molecule has 3 rings (SSSR count). The number of hydrogen-bond acceptors (Lipinski definition) is 6. The number of nitrogens with zero attached hydrogens (tertiary/aromatic N) is 3. The van der Waals surface area contributed by atoms with Crippen LogP contribution in [0.4, 0.5) is 0 Å². The highest BCUT2D eigenvalue weighted by atomic mass is 32.2. The van der Waals surface area contributed by atoms with Gasteiger partial charge in [0.25, 0.3) is 5.71 Å². The second-order valence-electron chi connectivity index (χ2n) is 5.53. The minimum atomic E-state index is -3.81. The summed E-state index contributed by atoms with van der Waals surface area (Å²) in [6.07, 6.45) is 3.32. The molecule has 1 atom stereocenters. The predicted octanol–water partition coefficient (Wildman–Crippen LogP) is 0.820. The first-order valence-corrected chi connectivity index (χ1v) is 8.84. The standard InChI is InChI=1S/C14H18N4O4S/c1-9-11-7-10(8-16-14(11)22-17-9)23(20,21)18-6-4-3-5-12(18)13(19)15-2/h7-8,12H,3-6H2,1-2H3,(H,15,19). The Kier molecular flexibility index (Phi) is 4.07. The minimum absolute atomic E-state index is 0.0482. The molecule has 2 aromatic rings. The summed E-state index contributed by atoms with van der Waals surface area (Å²) in [4.78, 5) is 16.1. The number of sulfonamides is 1. The summed E-state index contributed by atoms with van der Waals surface area (Å²) >= 11 is 0. The number of pyridine rings is 1. The number of hydrogen-bond donors (Lipinski definition) is 1. The SMILES string of the molecule is CNC(=O)C1CCCCN1S(=O)(=O)c1cnc2onc(C)c2c1. The molecule has 0 spiro atoms. The van der Waals surface area contributed by atoms with Crippen molar-refractivity contribution < 1.29 is 17.7 Å². The number of nitrogens with one attached hydrogen (secondary N) is 1. The maximum Gasteiger partial charge on any atom is 0.257 e. The lowest BCUT2D eigenvalue weighted by Crippen LogP contribution is -2.51. The van der Waals surface area contributed by atoms with Gasteiger partial charge in [-0.25, -0.2) is 13.4 Å². The van der Waals surface area contributed by atoms with E-state index >= 15 is 0 Å². The zero-order valence-corrected chi connectivity index (χ0v) is 13.8. The van der Waals surface area contributed by atoms with Crippen LogP contribution >= 0.6 is 0 Å². The second-order valence-corrected chi connectivity index (χ2v) is 7.42. The topological polar surface area (TPSA) is 105 Å². The number of carbonyl (C=O) groups is 1. The lowest BCUT2D eigenvalue weighted by atomic mass is 10.0. The maximum atomic E-state index is 12.9. The van der Waals surface area contributed by atoms with Gasteiger partial charge in [-0.2, -0.15) is 4.31 Å². The van der Waals surface area contributed by atoms with Crippen LogP contribution in [0.25, 0.3) is 11.1 Å². The maximum absolute atomic E-state index is 12.9. The average Bonchev–Trinajstić information content (AvgIpc) is 2.95. The smallest absolute Gasteiger partial charge is 0.257 e. The van der Waals surface area contributed by atoms with Gasteiger partial charge < -0.3 is 9.84 Å². The highest BCUT2D eigenvalue weighted by Gasteiger charge is 2.37. The molecule has 3 heterocycles. The molecule has 1 N–H and O–H groups in total. The molecular formula is C14H18N4O4S. The van der Waals surface area contributed by atoms with Crippen molar-refractivity contribution in [3.8, 4) is 0 Å². The van der Waals surface area contributed by atoms with Crippen LogP contribution in [0, 0.1) is 6.92 Å². The quantitative estimate of drug-likeness (QED) is 0.888. The van der Waals surface area contributed by atoms with Gasteiger partial charge >= 0.3 is 0 Å². The fourth-order valence-corrected chi connectivity index (χ4v) is 4.45. The molecule has 1 aliphatic heterocycles. The molecule has 8 nitrogen and oxygen atoms in total. The van der Waals surface area contributed by atoms with E-state index in [1.807, 2.05) is 0 Å². The van der Waals surface area contributed by atoms with Crippen LogP contribution in [0.2, 0.25) is 0 Å². The minimum Gasteiger partial charge on any atom is -0.358 e. The van der Waals surface area contributed by atoms with Gasteiger partial charge in [0, 0.05) is 13.6 Å². The Labute approximate surface area is 133 Å². The van der Waals surface area contributed by atoms with Crippen LogP contribution < -0.4 is 5.32 Å². The third-order valence-corrected chi connectivity index (χ3v) is 5.97. The van der Waals surface area contributed by atoms with Crippen molar-refractivity contribution in [2.24, 2.45) is 0 Å². The number of aryl methyl sites for hydroxylation is 1. The average molecular weight is 338 g/mol. The van der Waals surface area contributed by atoms with Crippen LogP contribution in [-0.4, -0.2) is 48.4 Å². The van der Waals surface area contributed by atoms with Crippen molar-refractivity contribution in [3.63, 3.8) is 0 Å². The third-order valence-electron chi connectivity index (χ3n) is 4.09. The first-order chi connectivity index (χ1) is 10.9. The van der Waals surface area contributed by atoms with Gasteiger partial charge in [-0.15, -0.1) is 0 Å². The van der Waals surface area contributed by atoms with Crippen molar-refractivity contribution in [1.29, 1.82) is 0 Å². The first-order valence-electron chi connectivity index (χ1n) is 7.40. The molecule has 0 bridgehead atoms. The van der Waals surface area contributed by atoms with Gasteiger partial charge in [0.2, 0.25) is 15.9 Å². The Balaban J connectivity index is 2.03. The summed E-state index contributed by atoms with van der Waals surface area (Å²) in [6, 6.07) is 0.817. The van der Waals surface area contributed by atoms with E-state index in [9.17, 15) is 13.2 Å². The highest BCUT2D eigenvalue weighted by Crippen LogP contribution is 2.27. The second kappa shape index (κ2) is 5.89. The predicted molar refractivity (Wildman–Crippen MR) is 82.1 cm³/mol. The molecule has 1 amide bonds. The van der Waals surface area contributed by atoms with E-state index in [-0.39, 0.29) is 10.8 Å². The van der Waals surface area contributed by atoms with Crippen LogP contribution in [-0.2, 0) is 14.8 Å². The Hall–Kier alpha value is -2.00. The molecular weight excluding hydrogens is 320 g/mol. The summed E-state index contributed by atoms with van der Waals surface area (Å²) in [5, 5.41) is 6.87. The molecule has 9 heteroatoms. The van der Waals surface area contributed by atoms with Gasteiger partial charge in [-0.3, -0.25) is 4.79 Å². The molecule has 1 saturated heterocycles. The fourth-order valence-electron chi connectivity index (χ4n) is 2.82. The normalized spacial score (nSPS) is 19.8. The molecule has 1 aliphatic rings. The molecule has 0 saturated carbocycles. The van der Waals surface area contributed by atoms with Crippen LogP contribution in [0.5, 0.6) is 0 Å². The van der Waals surface area contributed by atoms with E-state index < -0.39 is 16.1 Å². The van der Waals surface area contributed by atoms with Crippen molar-refractivity contribution in [3.05, 3.63) is 18.0 Å². The van der Waals surface area contributed by atoms with Gasteiger partial charge in [-0.05, 0) is 25.8 Å². The Morgan fingerprint density at radius 1 is 1.43 bits per heavy atom. The van der Waals surface area contributed by atoms with Crippen LogP contribution in [0.1, 0.15) is 25.0 Å². The van der Waals surface area contributed by atoms with E-state index in [0.29, 0.717) is 29.8 Å². The van der Waals surface area contributed by atoms with E-state index in [1.54, 1.807) is 6.92 Å². The lowest BCUT2D eigenvalue weighted by Gasteiger charge is -2.33. The molecule has 0 aliphatic carbocycles. The molecule has 1 unspecified atom stereocenters. The number of fused-ring (bicyclic) bond motifs is 1. The van der Waals surface area contributed by atoms with Crippen molar-refractivity contribution >= 4 is 27.0 Å². The zero-order chi connectivity index (χ0) is 16.6. The Morgan fingerprint density at radius 2 is 2.22 bits per heavy atom. The van der Waals surface area contributed by atoms with Gasteiger partial charge in [0.15, 0.2) is 0 Å². The highest BCUT2D eigenvalue weighted by molar-refractivity contribution is 7.89. The summed E-state index contributed by atoms with van der Waals surface area (Å²) in [5.41, 5.74) is 0.869.